The lowest BCUT2D eigenvalue weighted by Crippen LogP contribution is -2.50. The molecule has 2 aromatic carbocycles. The minimum Gasteiger partial charge on any atom is -0.491 e. The third kappa shape index (κ3) is 4.88. The van der Waals surface area contributed by atoms with Crippen LogP contribution in [0.3, 0.4) is 0 Å². The van der Waals surface area contributed by atoms with Crippen LogP contribution in [0.5, 0.6) is 11.5 Å². The van der Waals surface area contributed by atoms with Crippen LogP contribution in [-0.4, -0.2) is 36.8 Å². The molecule has 35 heavy (non-hydrogen) atoms. The molecule has 11 heteroatoms. The van der Waals surface area contributed by atoms with Crippen molar-refractivity contribution in [1.29, 1.82) is 0 Å². The minimum atomic E-state index is -5.07. The first-order valence-corrected chi connectivity index (χ1v) is 10.4. The largest absolute Gasteiger partial charge is 0.573 e. The lowest BCUT2D eigenvalue weighted by Gasteiger charge is -2.39. The maximum absolute atomic E-state index is 14.7. The summed E-state index contributed by atoms with van der Waals surface area (Å²) < 4.78 is 61.9. The molecule has 2 N–H and O–H groups in total. The molecule has 3 aromatic rings. The van der Waals surface area contributed by atoms with Crippen LogP contribution in [0.25, 0.3) is 0 Å². The molecule has 2 heterocycles. The van der Waals surface area contributed by atoms with Crippen molar-refractivity contribution in [2.24, 2.45) is 0 Å². The van der Waals surface area contributed by atoms with Crippen molar-refractivity contribution in [3.63, 3.8) is 0 Å². The van der Waals surface area contributed by atoms with E-state index in [1.165, 1.54) is 43.6 Å². The molecule has 0 bridgehead atoms. The predicted octanol–water partition coefficient (Wildman–Crippen LogP) is 3.94. The number of aromatic nitrogens is 1. The highest BCUT2D eigenvalue weighted by Gasteiger charge is 2.43. The van der Waals surface area contributed by atoms with Crippen LogP contribution in [0.1, 0.15) is 38.4 Å². The van der Waals surface area contributed by atoms with Crippen molar-refractivity contribution in [2.75, 3.05) is 13.7 Å². The van der Waals surface area contributed by atoms with E-state index in [-0.39, 0.29) is 35.4 Å². The summed E-state index contributed by atoms with van der Waals surface area (Å²) in [5.74, 6) is -2.94. The fourth-order valence-electron chi connectivity index (χ4n) is 3.92. The summed E-state index contributed by atoms with van der Waals surface area (Å²) in [5, 5.41) is 5.33. The lowest BCUT2D eigenvalue weighted by atomic mass is 9.81. The fourth-order valence-corrected chi connectivity index (χ4v) is 3.92. The highest BCUT2D eigenvalue weighted by atomic mass is 19.4. The fraction of sp³-hybridized carbons (Fsp3) is 0.208. The molecule has 182 valence electrons. The number of carbonyl (C=O) groups excluding carboxylic acids is 2. The van der Waals surface area contributed by atoms with Crippen LogP contribution in [0, 0.1) is 5.82 Å². The summed E-state index contributed by atoms with van der Waals surface area (Å²) in [7, 11) is 1.45. The number of nitrogens with one attached hydrogen (secondary N) is 2. The van der Waals surface area contributed by atoms with Crippen LogP contribution in [0.15, 0.2) is 60.8 Å². The zero-order valence-corrected chi connectivity index (χ0v) is 18.3. The predicted molar refractivity (Wildman–Crippen MR) is 116 cm³/mol. The highest BCUT2D eigenvalue weighted by molar-refractivity contribution is 6.00. The molecule has 0 saturated heterocycles. The Labute approximate surface area is 197 Å². The Bertz CT molecular complexity index is 1280. The van der Waals surface area contributed by atoms with Gasteiger partial charge in [-0.2, -0.15) is 0 Å². The van der Waals surface area contributed by atoms with Gasteiger partial charge in [-0.3, -0.25) is 14.6 Å². The van der Waals surface area contributed by atoms with E-state index < -0.39 is 35.3 Å². The second-order valence-electron chi connectivity index (χ2n) is 7.66. The Morgan fingerprint density at radius 3 is 2.49 bits per heavy atom. The number of benzene rings is 2. The Kier molecular flexibility index (Phi) is 6.33. The zero-order chi connectivity index (χ0) is 25.2. The first-order valence-electron chi connectivity index (χ1n) is 10.4. The van der Waals surface area contributed by atoms with Crippen molar-refractivity contribution in [1.82, 2.24) is 15.6 Å². The van der Waals surface area contributed by atoms with Gasteiger partial charge in [0.05, 0.1) is 6.61 Å². The highest BCUT2D eigenvalue weighted by Crippen LogP contribution is 2.42. The summed E-state index contributed by atoms with van der Waals surface area (Å²) in [5.41, 5.74) is -0.645. The average Bonchev–Trinajstić information content (AvgIpc) is 2.84. The van der Waals surface area contributed by atoms with Crippen molar-refractivity contribution >= 4 is 11.8 Å². The number of nitrogens with zero attached hydrogens (tertiary/aromatic N) is 1. The molecule has 4 rings (SSSR count). The van der Waals surface area contributed by atoms with Crippen LogP contribution in [-0.2, 0) is 5.54 Å². The van der Waals surface area contributed by atoms with Gasteiger partial charge < -0.3 is 20.1 Å². The number of hydrogen-bond acceptors (Lipinski definition) is 5. The van der Waals surface area contributed by atoms with Crippen molar-refractivity contribution in [2.45, 2.75) is 18.3 Å². The topological polar surface area (TPSA) is 89.6 Å². The number of carbonyl (C=O) groups is 2. The average molecular weight is 489 g/mol. The third-order valence-electron chi connectivity index (χ3n) is 5.50. The van der Waals surface area contributed by atoms with Crippen molar-refractivity contribution in [3.8, 4) is 11.5 Å². The van der Waals surface area contributed by atoms with E-state index in [9.17, 15) is 27.2 Å². The first-order chi connectivity index (χ1) is 16.6. The molecule has 1 aliphatic rings. The monoisotopic (exact) mass is 489 g/mol. The number of alkyl halides is 3. The second-order valence-corrected chi connectivity index (χ2v) is 7.66. The van der Waals surface area contributed by atoms with Crippen LogP contribution < -0.4 is 20.1 Å². The number of amides is 2. The standard InChI is InChI=1S/C24H19F4N3O4/c1-29-21(32)14-4-2-5-15(12-14)22(33)31-23(9-11-34-19-6-3-10-30-20(19)23)16-7-8-18(17(25)13-16)35-24(26,27)28/h2-8,10,12-13H,9,11H2,1H3,(H,29,32)(H,31,33). The third-order valence-corrected chi connectivity index (χ3v) is 5.50. The molecule has 0 fully saturated rings. The zero-order valence-electron chi connectivity index (χ0n) is 18.3. The maximum atomic E-state index is 14.7. The van der Waals surface area contributed by atoms with E-state index in [1.807, 2.05) is 0 Å². The molecule has 0 aliphatic carbocycles. The minimum absolute atomic E-state index is 0.108. The quantitative estimate of drug-likeness (QED) is 0.530. The molecule has 1 unspecified atom stereocenters. The van der Waals surface area contributed by atoms with E-state index in [0.29, 0.717) is 5.75 Å². The maximum Gasteiger partial charge on any atom is 0.573 e. The number of halogens is 4. The number of hydrogen-bond donors (Lipinski definition) is 2. The van der Waals surface area contributed by atoms with Gasteiger partial charge in [0.25, 0.3) is 11.8 Å². The number of fused-ring (bicyclic) bond motifs is 1. The SMILES string of the molecule is CNC(=O)c1cccc(C(=O)NC2(c3ccc(OC(F)(F)F)c(F)c3)CCOc3cccnc32)c1. The van der Waals surface area contributed by atoms with Crippen LogP contribution in [0.2, 0.25) is 0 Å². The Morgan fingerprint density at radius 2 is 1.80 bits per heavy atom. The van der Waals surface area contributed by atoms with E-state index in [0.717, 1.165) is 12.1 Å². The summed E-state index contributed by atoms with van der Waals surface area (Å²) >= 11 is 0. The van der Waals surface area contributed by atoms with Gasteiger partial charge in [-0.1, -0.05) is 12.1 Å². The second kappa shape index (κ2) is 9.24. The van der Waals surface area contributed by atoms with Gasteiger partial charge in [0, 0.05) is 30.8 Å². The van der Waals surface area contributed by atoms with Crippen LogP contribution >= 0.6 is 0 Å². The van der Waals surface area contributed by atoms with Gasteiger partial charge in [0.2, 0.25) is 0 Å². The number of ether oxygens (including phenoxy) is 2. The number of rotatable bonds is 5. The van der Waals surface area contributed by atoms with Gasteiger partial charge in [0.1, 0.15) is 17.0 Å². The van der Waals surface area contributed by atoms with Gasteiger partial charge >= 0.3 is 6.36 Å². The summed E-state index contributed by atoms with van der Waals surface area (Å²) in [4.78, 5) is 29.6. The number of pyridine rings is 1. The Morgan fingerprint density at radius 1 is 1.06 bits per heavy atom. The molecule has 7 nitrogen and oxygen atoms in total. The molecule has 1 aromatic heterocycles. The summed E-state index contributed by atoms with van der Waals surface area (Å²) in [6.07, 6.45) is -3.51. The molecule has 0 saturated carbocycles. The normalized spacial score (nSPS) is 17.1. The van der Waals surface area contributed by atoms with Gasteiger partial charge in [-0.15, -0.1) is 13.2 Å². The molecule has 2 amide bonds. The molecular formula is C24H19F4N3O4. The van der Waals surface area contributed by atoms with E-state index in [2.05, 4.69) is 20.4 Å². The summed E-state index contributed by atoms with van der Waals surface area (Å²) in [6.45, 7) is 0.111. The van der Waals surface area contributed by atoms with Gasteiger partial charge in [-0.25, -0.2) is 4.39 Å². The Balaban J connectivity index is 1.79. The first kappa shape index (κ1) is 24.0. The van der Waals surface area contributed by atoms with Gasteiger partial charge in [0.15, 0.2) is 11.6 Å². The molecule has 0 radical (unpaired) electrons. The smallest absolute Gasteiger partial charge is 0.491 e. The molecule has 1 aliphatic heterocycles. The van der Waals surface area contributed by atoms with Crippen molar-refractivity contribution < 1.29 is 36.6 Å². The van der Waals surface area contributed by atoms with Crippen LogP contribution in [0.4, 0.5) is 17.6 Å². The molecular weight excluding hydrogens is 470 g/mol. The summed E-state index contributed by atoms with van der Waals surface area (Å²) in [6, 6.07) is 12.1. The van der Waals surface area contributed by atoms with E-state index in [1.54, 1.807) is 12.1 Å². The lowest BCUT2D eigenvalue weighted by molar-refractivity contribution is -0.275. The molecule has 0 spiro atoms. The van der Waals surface area contributed by atoms with Crippen molar-refractivity contribution in [3.05, 3.63) is 89.0 Å². The van der Waals surface area contributed by atoms with E-state index >= 15 is 0 Å². The van der Waals surface area contributed by atoms with Gasteiger partial charge in [-0.05, 0) is 48.0 Å². The molecule has 1 atom stereocenters. The van der Waals surface area contributed by atoms with E-state index in [4.69, 9.17) is 4.74 Å². The Hall–Kier alpha value is -4.15.